The van der Waals surface area contributed by atoms with Gasteiger partial charge in [-0.3, -0.25) is 9.59 Å². The molecule has 1 saturated heterocycles. The lowest BCUT2D eigenvalue weighted by Crippen LogP contribution is -2.40. The number of rotatable bonds is 2. The van der Waals surface area contributed by atoms with E-state index in [4.69, 9.17) is 14.2 Å². The fraction of sp³-hybridized carbons (Fsp3) is 0.737. The third kappa shape index (κ3) is 2.96. The van der Waals surface area contributed by atoms with Crippen molar-refractivity contribution < 1.29 is 28.6 Å². The van der Waals surface area contributed by atoms with Gasteiger partial charge in [0.05, 0.1) is 0 Å². The Morgan fingerprint density at radius 1 is 1.20 bits per heavy atom. The van der Waals surface area contributed by atoms with Crippen LogP contribution < -0.4 is 0 Å². The first-order valence-corrected chi connectivity index (χ1v) is 8.87. The molecule has 7 atom stereocenters. The zero-order chi connectivity index (χ0) is 18.5. The maximum Gasteiger partial charge on any atom is 0.334 e. The first kappa shape index (κ1) is 18.0. The molecule has 3 fully saturated rings. The lowest BCUT2D eigenvalue weighted by molar-refractivity contribution is -0.153. The molecule has 2 saturated carbocycles. The average molecular weight is 350 g/mol. The highest BCUT2D eigenvalue weighted by molar-refractivity contribution is 5.90. The summed E-state index contributed by atoms with van der Waals surface area (Å²) < 4.78 is 16.7. The second-order valence-electron chi connectivity index (χ2n) is 8.01. The molecule has 0 N–H and O–H groups in total. The van der Waals surface area contributed by atoms with Gasteiger partial charge in [-0.15, -0.1) is 0 Å². The molecule has 0 aromatic rings. The molecule has 0 radical (unpaired) electrons. The summed E-state index contributed by atoms with van der Waals surface area (Å²) in [6.07, 6.45) is 0.957. The van der Waals surface area contributed by atoms with Crippen LogP contribution in [0.25, 0.3) is 0 Å². The first-order valence-electron chi connectivity index (χ1n) is 8.87. The molecular weight excluding hydrogens is 324 g/mol. The second-order valence-corrected chi connectivity index (χ2v) is 8.01. The van der Waals surface area contributed by atoms with Crippen molar-refractivity contribution in [2.45, 2.75) is 65.3 Å². The summed E-state index contributed by atoms with van der Waals surface area (Å²) in [6.45, 7) is 10.9. The van der Waals surface area contributed by atoms with Crippen LogP contribution in [0.5, 0.6) is 0 Å². The van der Waals surface area contributed by atoms with E-state index in [1.54, 1.807) is 0 Å². The number of carbonyl (C=O) groups excluding carboxylic acids is 3. The fourth-order valence-electron chi connectivity index (χ4n) is 5.39. The van der Waals surface area contributed by atoms with Crippen molar-refractivity contribution in [2.75, 3.05) is 0 Å². The predicted octanol–water partition coefficient (Wildman–Crippen LogP) is 2.40. The van der Waals surface area contributed by atoms with Crippen LogP contribution >= 0.6 is 0 Å². The van der Waals surface area contributed by atoms with Gasteiger partial charge in [0.15, 0.2) is 0 Å². The summed E-state index contributed by atoms with van der Waals surface area (Å²) in [5.74, 6) is -0.897. The quantitative estimate of drug-likeness (QED) is 0.432. The minimum Gasteiger partial charge on any atom is -0.462 e. The monoisotopic (exact) mass is 350 g/mol. The van der Waals surface area contributed by atoms with Crippen molar-refractivity contribution in [3.05, 3.63) is 12.2 Å². The van der Waals surface area contributed by atoms with E-state index in [0.717, 1.165) is 0 Å². The van der Waals surface area contributed by atoms with Gasteiger partial charge in [0, 0.05) is 43.1 Å². The first-order chi connectivity index (χ1) is 11.6. The SMILES string of the molecule is C=C1C(=O)O[C@H]2C[C@H](C)[C@@H]3[C@@H](OC(C)=O)C[C@H](OC(C)=O)[C@@]3(C)C[C@H]12. The van der Waals surface area contributed by atoms with Crippen LogP contribution in [-0.4, -0.2) is 36.2 Å². The Bertz CT molecular complexity index is 625. The Morgan fingerprint density at radius 3 is 2.44 bits per heavy atom. The molecule has 0 unspecified atom stereocenters. The van der Waals surface area contributed by atoms with Gasteiger partial charge in [-0.05, 0) is 18.8 Å². The average Bonchev–Trinajstić information content (AvgIpc) is 2.82. The van der Waals surface area contributed by atoms with Gasteiger partial charge >= 0.3 is 17.9 Å². The van der Waals surface area contributed by atoms with E-state index in [1.807, 2.05) is 0 Å². The van der Waals surface area contributed by atoms with E-state index < -0.39 is 5.41 Å². The molecule has 25 heavy (non-hydrogen) atoms. The summed E-state index contributed by atoms with van der Waals surface area (Å²) in [4.78, 5) is 35.2. The lowest BCUT2D eigenvalue weighted by atomic mass is 9.69. The van der Waals surface area contributed by atoms with Crippen LogP contribution in [0.2, 0.25) is 0 Å². The Balaban J connectivity index is 1.98. The molecule has 138 valence electrons. The topological polar surface area (TPSA) is 78.9 Å². The summed E-state index contributed by atoms with van der Waals surface area (Å²) in [5, 5.41) is 0. The van der Waals surface area contributed by atoms with E-state index in [2.05, 4.69) is 20.4 Å². The number of esters is 3. The van der Waals surface area contributed by atoms with Gasteiger partial charge in [0.2, 0.25) is 0 Å². The molecule has 3 rings (SSSR count). The van der Waals surface area contributed by atoms with Crippen molar-refractivity contribution in [3.63, 3.8) is 0 Å². The maximum atomic E-state index is 11.9. The van der Waals surface area contributed by atoms with E-state index in [9.17, 15) is 14.4 Å². The van der Waals surface area contributed by atoms with E-state index in [1.165, 1.54) is 13.8 Å². The molecule has 1 heterocycles. The van der Waals surface area contributed by atoms with Crippen molar-refractivity contribution in [1.29, 1.82) is 0 Å². The van der Waals surface area contributed by atoms with E-state index in [-0.39, 0.29) is 54.0 Å². The molecule has 3 aliphatic rings. The Morgan fingerprint density at radius 2 is 1.84 bits per heavy atom. The van der Waals surface area contributed by atoms with Crippen LogP contribution in [0.15, 0.2) is 12.2 Å². The van der Waals surface area contributed by atoms with Gasteiger partial charge in [-0.2, -0.15) is 0 Å². The summed E-state index contributed by atoms with van der Waals surface area (Å²) >= 11 is 0. The Labute approximate surface area is 147 Å². The van der Waals surface area contributed by atoms with Crippen molar-refractivity contribution >= 4 is 17.9 Å². The van der Waals surface area contributed by atoms with E-state index in [0.29, 0.717) is 24.8 Å². The second kappa shape index (κ2) is 6.15. The summed E-state index contributed by atoms with van der Waals surface area (Å²) in [7, 11) is 0. The Kier molecular flexibility index (Phi) is 4.41. The lowest BCUT2D eigenvalue weighted by Gasteiger charge is -2.39. The number of ether oxygens (including phenoxy) is 3. The van der Waals surface area contributed by atoms with Crippen LogP contribution in [0.4, 0.5) is 0 Å². The molecule has 0 bridgehead atoms. The molecule has 6 heteroatoms. The zero-order valence-corrected chi connectivity index (χ0v) is 15.2. The zero-order valence-electron chi connectivity index (χ0n) is 15.2. The Hall–Kier alpha value is -1.85. The third-order valence-corrected chi connectivity index (χ3v) is 6.26. The fourth-order valence-corrected chi connectivity index (χ4v) is 5.39. The smallest absolute Gasteiger partial charge is 0.334 e. The van der Waals surface area contributed by atoms with Gasteiger partial charge in [0.1, 0.15) is 18.3 Å². The highest BCUT2D eigenvalue weighted by atomic mass is 16.6. The van der Waals surface area contributed by atoms with Crippen LogP contribution in [-0.2, 0) is 28.6 Å². The minimum atomic E-state index is -0.401. The molecule has 0 amide bonds. The number of hydrogen-bond donors (Lipinski definition) is 0. The van der Waals surface area contributed by atoms with Crippen molar-refractivity contribution in [2.24, 2.45) is 23.2 Å². The largest absolute Gasteiger partial charge is 0.462 e. The summed E-state index contributed by atoms with van der Waals surface area (Å²) in [6, 6.07) is 0. The standard InChI is InChI=1S/C19H26O6/c1-9-6-14-13(10(2)18(22)25-14)8-19(5)16(24-12(4)21)7-15(17(9)19)23-11(3)20/h9,13-17H,2,6-8H2,1,3-5H3/t9-,13+,14-,15-,16-,17+,19+/m0/s1. The normalized spacial score (nSPS) is 42.9. The van der Waals surface area contributed by atoms with Gasteiger partial charge in [-0.1, -0.05) is 20.4 Å². The molecule has 0 aromatic heterocycles. The highest BCUT2D eigenvalue weighted by Crippen LogP contribution is 2.58. The van der Waals surface area contributed by atoms with E-state index >= 15 is 0 Å². The van der Waals surface area contributed by atoms with Crippen LogP contribution in [0, 0.1) is 23.2 Å². The molecule has 2 aliphatic carbocycles. The van der Waals surface area contributed by atoms with Crippen LogP contribution in [0.3, 0.4) is 0 Å². The van der Waals surface area contributed by atoms with Gasteiger partial charge in [-0.25, -0.2) is 4.79 Å². The highest BCUT2D eigenvalue weighted by Gasteiger charge is 2.61. The number of carbonyl (C=O) groups is 3. The molecule has 0 aromatic carbocycles. The van der Waals surface area contributed by atoms with Gasteiger partial charge < -0.3 is 14.2 Å². The summed E-state index contributed by atoms with van der Waals surface area (Å²) in [5.41, 5.74) is 0.0956. The number of hydrogen-bond acceptors (Lipinski definition) is 6. The minimum absolute atomic E-state index is 0.0397. The maximum absolute atomic E-state index is 11.9. The van der Waals surface area contributed by atoms with Crippen molar-refractivity contribution in [1.82, 2.24) is 0 Å². The molecule has 1 aliphatic heterocycles. The van der Waals surface area contributed by atoms with Crippen LogP contribution in [0.1, 0.15) is 47.0 Å². The molecule has 6 nitrogen and oxygen atoms in total. The predicted molar refractivity (Wildman–Crippen MR) is 88.2 cm³/mol. The van der Waals surface area contributed by atoms with Crippen molar-refractivity contribution in [3.8, 4) is 0 Å². The third-order valence-electron chi connectivity index (χ3n) is 6.26. The molecular formula is C19H26O6. The van der Waals surface area contributed by atoms with Gasteiger partial charge in [0.25, 0.3) is 0 Å². The number of fused-ring (bicyclic) bond motifs is 2. The molecule has 0 spiro atoms.